The third kappa shape index (κ3) is 3.02. The van der Waals surface area contributed by atoms with Crippen LogP contribution in [0.25, 0.3) is 0 Å². The highest BCUT2D eigenvalue weighted by atomic mass is 16.5. The van der Waals surface area contributed by atoms with Crippen LogP contribution in [-0.2, 0) is 4.79 Å². The summed E-state index contributed by atoms with van der Waals surface area (Å²) in [6, 6.07) is 8.03. The highest BCUT2D eigenvalue weighted by Crippen LogP contribution is 2.45. The number of amides is 1. The summed E-state index contributed by atoms with van der Waals surface area (Å²) in [6.07, 6.45) is 0.383. The summed E-state index contributed by atoms with van der Waals surface area (Å²) < 4.78 is 16.3. The van der Waals surface area contributed by atoms with Crippen molar-refractivity contribution in [3.63, 3.8) is 0 Å². The first-order chi connectivity index (χ1) is 12.0. The second kappa shape index (κ2) is 6.67. The molecule has 132 valence electrons. The van der Waals surface area contributed by atoms with Gasteiger partial charge in [-0.3, -0.25) is 4.79 Å². The zero-order valence-electron chi connectivity index (χ0n) is 15.2. The Hall–Kier alpha value is -2.69. The summed E-state index contributed by atoms with van der Waals surface area (Å²) >= 11 is 0. The van der Waals surface area contributed by atoms with E-state index in [2.05, 4.69) is 18.3 Å². The Bertz CT molecular complexity index is 804. The molecule has 0 saturated heterocycles. The van der Waals surface area contributed by atoms with Gasteiger partial charge in [0.25, 0.3) is 0 Å². The predicted molar refractivity (Wildman–Crippen MR) is 97.1 cm³/mol. The number of hydrogen-bond acceptors (Lipinski definition) is 4. The first kappa shape index (κ1) is 17.1. The van der Waals surface area contributed by atoms with Crippen molar-refractivity contribution in [2.24, 2.45) is 0 Å². The zero-order chi connectivity index (χ0) is 18.1. The van der Waals surface area contributed by atoms with Gasteiger partial charge in [0.1, 0.15) is 0 Å². The summed E-state index contributed by atoms with van der Waals surface area (Å²) in [6.45, 7) is 4.13. The van der Waals surface area contributed by atoms with Crippen LogP contribution in [0.2, 0.25) is 0 Å². The molecular weight excluding hydrogens is 318 g/mol. The number of nitrogens with one attached hydrogen (secondary N) is 1. The van der Waals surface area contributed by atoms with E-state index in [0.29, 0.717) is 23.7 Å². The minimum atomic E-state index is -0.0586. The molecule has 1 aliphatic rings. The number of anilines is 1. The van der Waals surface area contributed by atoms with Gasteiger partial charge in [-0.2, -0.15) is 0 Å². The maximum Gasteiger partial charge on any atom is 0.225 e. The number of aryl methyl sites for hydroxylation is 2. The van der Waals surface area contributed by atoms with Crippen molar-refractivity contribution in [3.8, 4) is 17.2 Å². The summed E-state index contributed by atoms with van der Waals surface area (Å²) in [5.74, 6) is 1.68. The molecule has 2 aromatic carbocycles. The summed E-state index contributed by atoms with van der Waals surface area (Å²) in [5, 5.41) is 2.98. The van der Waals surface area contributed by atoms with Crippen LogP contribution >= 0.6 is 0 Å². The molecule has 1 amide bonds. The lowest BCUT2D eigenvalue weighted by molar-refractivity contribution is -0.116. The van der Waals surface area contributed by atoms with Crippen LogP contribution < -0.4 is 19.5 Å². The lowest BCUT2D eigenvalue weighted by Gasteiger charge is -2.28. The van der Waals surface area contributed by atoms with Crippen LogP contribution in [0.15, 0.2) is 24.3 Å². The van der Waals surface area contributed by atoms with Gasteiger partial charge in [0, 0.05) is 18.0 Å². The smallest absolute Gasteiger partial charge is 0.225 e. The average molecular weight is 341 g/mol. The molecule has 3 rings (SSSR count). The Morgan fingerprint density at radius 1 is 0.920 bits per heavy atom. The largest absolute Gasteiger partial charge is 0.493 e. The molecular formula is C20H23NO4. The number of fused-ring (bicyclic) bond motifs is 1. The van der Waals surface area contributed by atoms with Crippen molar-refractivity contribution in [2.45, 2.75) is 26.2 Å². The Balaban J connectivity index is 2.17. The Kier molecular flexibility index (Phi) is 4.57. The van der Waals surface area contributed by atoms with E-state index >= 15 is 0 Å². The Morgan fingerprint density at radius 2 is 1.52 bits per heavy atom. The fourth-order valence-corrected chi connectivity index (χ4v) is 3.33. The lowest BCUT2D eigenvalue weighted by Crippen LogP contribution is -2.24. The Labute approximate surface area is 147 Å². The van der Waals surface area contributed by atoms with Crippen LogP contribution in [0.5, 0.6) is 17.2 Å². The molecule has 1 N–H and O–H groups in total. The van der Waals surface area contributed by atoms with E-state index in [1.54, 1.807) is 21.3 Å². The number of carbonyl (C=O) groups is 1. The maximum absolute atomic E-state index is 12.2. The van der Waals surface area contributed by atoms with Crippen LogP contribution in [0.1, 0.15) is 34.6 Å². The fraction of sp³-hybridized carbons (Fsp3) is 0.350. The molecule has 0 spiro atoms. The van der Waals surface area contributed by atoms with Gasteiger partial charge in [0.05, 0.1) is 21.3 Å². The highest BCUT2D eigenvalue weighted by molar-refractivity contribution is 5.95. The lowest BCUT2D eigenvalue weighted by atomic mass is 9.83. The molecule has 0 aliphatic carbocycles. The molecule has 1 heterocycles. The van der Waals surface area contributed by atoms with Gasteiger partial charge in [-0.1, -0.05) is 6.07 Å². The second-order valence-electron chi connectivity index (χ2n) is 6.29. The van der Waals surface area contributed by atoms with E-state index in [-0.39, 0.29) is 11.8 Å². The van der Waals surface area contributed by atoms with Crippen molar-refractivity contribution >= 4 is 11.6 Å². The quantitative estimate of drug-likeness (QED) is 0.919. The van der Waals surface area contributed by atoms with Gasteiger partial charge in [-0.05, 0) is 54.3 Å². The molecule has 0 fully saturated rings. The SMILES string of the molecule is COc1cc([C@H]2CC(=O)Nc3cc(C)c(C)cc32)cc(OC)c1OC. The van der Waals surface area contributed by atoms with Crippen molar-refractivity contribution in [2.75, 3.05) is 26.6 Å². The van der Waals surface area contributed by atoms with Crippen molar-refractivity contribution in [3.05, 3.63) is 46.5 Å². The highest BCUT2D eigenvalue weighted by Gasteiger charge is 2.29. The fourth-order valence-electron chi connectivity index (χ4n) is 3.33. The van der Waals surface area contributed by atoms with Crippen molar-refractivity contribution < 1.29 is 19.0 Å². The number of benzene rings is 2. The van der Waals surface area contributed by atoms with E-state index < -0.39 is 0 Å². The monoisotopic (exact) mass is 341 g/mol. The standard InChI is InChI=1S/C20H23NO4/c1-11-6-15-14(10-19(22)21-16(15)7-12(11)2)13-8-17(23-3)20(25-5)18(9-13)24-4/h6-9,14H,10H2,1-5H3,(H,21,22)/t14-/m1/s1. The number of hydrogen-bond donors (Lipinski definition) is 1. The maximum atomic E-state index is 12.2. The first-order valence-electron chi connectivity index (χ1n) is 8.19. The van der Waals surface area contributed by atoms with Crippen LogP contribution in [0.4, 0.5) is 5.69 Å². The molecule has 25 heavy (non-hydrogen) atoms. The molecule has 0 aromatic heterocycles. The average Bonchev–Trinajstić information content (AvgIpc) is 2.61. The molecule has 5 nitrogen and oxygen atoms in total. The zero-order valence-corrected chi connectivity index (χ0v) is 15.2. The van der Waals surface area contributed by atoms with Gasteiger partial charge in [-0.25, -0.2) is 0 Å². The third-order valence-corrected chi connectivity index (χ3v) is 4.79. The summed E-state index contributed by atoms with van der Waals surface area (Å²) in [7, 11) is 4.77. The third-order valence-electron chi connectivity index (χ3n) is 4.79. The van der Waals surface area contributed by atoms with Gasteiger partial charge < -0.3 is 19.5 Å². The molecule has 0 unspecified atom stereocenters. The van der Waals surface area contributed by atoms with Gasteiger partial charge in [-0.15, -0.1) is 0 Å². The molecule has 0 radical (unpaired) electrons. The molecule has 1 aliphatic heterocycles. The summed E-state index contributed by atoms with van der Waals surface area (Å²) in [4.78, 5) is 12.2. The minimum Gasteiger partial charge on any atom is -0.493 e. The Morgan fingerprint density at radius 3 is 2.08 bits per heavy atom. The second-order valence-corrected chi connectivity index (χ2v) is 6.29. The molecule has 1 atom stereocenters. The predicted octanol–water partition coefficient (Wildman–Crippen LogP) is 3.80. The number of methoxy groups -OCH3 is 3. The van der Waals surface area contributed by atoms with Crippen LogP contribution in [-0.4, -0.2) is 27.2 Å². The summed E-state index contributed by atoms with van der Waals surface area (Å²) in [5.41, 5.74) is 5.31. The van der Waals surface area contributed by atoms with Crippen LogP contribution in [0.3, 0.4) is 0 Å². The number of rotatable bonds is 4. The van der Waals surface area contributed by atoms with Gasteiger partial charge in [0.2, 0.25) is 11.7 Å². The molecule has 0 bridgehead atoms. The van der Waals surface area contributed by atoms with E-state index in [1.165, 1.54) is 5.56 Å². The first-order valence-corrected chi connectivity index (χ1v) is 8.19. The van der Waals surface area contributed by atoms with E-state index in [9.17, 15) is 4.79 Å². The van der Waals surface area contributed by atoms with Gasteiger partial charge in [0.15, 0.2) is 11.5 Å². The number of carbonyl (C=O) groups excluding carboxylic acids is 1. The van der Waals surface area contributed by atoms with Crippen molar-refractivity contribution in [1.29, 1.82) is 0 Å². The van der Waals surface area contributed by atoms with E-state index in [4.69, 9.17) is 14.2 Å². The van der Waals surface area contributed by atoms with E-state index in [1.807, 2.05) is 25.1 Å². The van der Waals surface area contributed by atoms with Crippen LogP contribution in [0, 0.1) is 13.8 Å². The molecule has 2 aromatic rings. The van der Waals surface area contributed by atoms with E-state index in [0.717, 1.165) is 22.4 Å². The molecule has 5 heteroatoms. The normalized spacial score (nSPS) is 16.0. The van der Waals surface area contributed by atoms with Gasteiger partial charge >= 0.3 is 0 Å². The minimum absolute atomic E-state index is 0.00880. The number of ether oxygens (including phenoxy) is 3. The topological polar surface area (TPSA) is 56.8 Å². The molecule has 0 saturated carbocycles. The van der Waals surface area contributed by atoms with Crippen molar-refractivity contribution in [1.82, 2.24) is 0 Å².